The van der Waals surface area contributed by atoms with Gasteiger partial charge in [0.15, 0.2) is 0 Å². The summed E-state index contributed by atoms with van der Waals surface area (Å²) < 4.78 is 5.64. The smallest absolute Gasteiger partial charge is 0.326 e. The number of hydrogen-bond acceptors (Lipinski definition) is 5. The predicted molar refractivity (Wildman–Crippen MR) is 70.2 cm³/mol. The molecule has 2 fully saturated rings. The van der Waals surface area contributed by atoms with Gasteiger partial charge in [-0.2, -0.15) is 0 Å². The highest BCUT2D eigenvalue weighted by molar-refractivity contribution is 5.84. The molecule has 0 aromatic heterocycles. The predicted octanol–water partition coefficient (Wildman–Crippen LogP) is -0.808. The fraction of sp³-hybridized carbons (Fsp3) is 0.846. The molecule has 2 aliphatic rings. The Morgan fingerprint density at radius 1 is 1.30 bits per heavy atom. The molecule has 2 heterocycles. The van der Waals surface area contributed by atoms with Crippen molar-refractivity contribution in [1.82, 2.24) is 10.2 Å². The molecule has 0 radical (unpaired) electrons. The zero-order valence-electron chi connectivity index (χ0n) is 11.5. The van der Waals surface area contributed by atoms with E-state index >= 15 is 0 Å². The third-order valence-corrected chi connectivity index (χ3v) is 3.84. The number of nitrogens with zero attached hydrogens (tertiary/aromatic N) is 1. The number of carboxylic acid groups (broad SMARTS) is 1. The molecule has 2 saturated heterocycles. The molecule has 0 saturated carbocycles. The Labute approximate surface area is 117 Å². The molecule has 0 aromatic rings. The highest BCUT2D eigenvalue weighted by Gasteiger charge is 2.38. The molecule has 0 aliphatic carbocycles. The fourth-order valence-corrected chi connectivity index (χ4v) is 2.74. The van der Waals surface area contributed by atoms with Crippen LogP contribution in [-0.2, 0) is 14.3 Å². The van der Waals surface area contributed by atoms with Crippen LogP contribution < -0.4 is 5.32 Å². The van der Waals surface area contributed by atoms with Crippen molar-refractivity contribution in [3.8, 4) is 0 Å². The van der Waals surface area contributed by atoms with Crippen molar-refractivity contribution < 1.29 is 24.5 Å². The Kier molecular flexibility index (Phi) is 5.33. The molecule has 114 valence electrons. The summed E-state index contributed by atoms with van der Waals surface area (Å²) in [6, 6.07) is -0.906. The molecule has 3 N–H and O–H groups in total. The number of carbonyl (C=O) groups excluding carboxylic acids is 1. The zero-order valence-corrected chi connectivity index (χ0v) is 11.5. The van der Waals surface area contributed by atoms with Gasteiger partial charge in [0.1, 0.15) is 6.04 Å². The molecular formula is C13H22N2O5. The maximum absolute atomic E-state index is 12.0. The van der Waals surface area contributed by atoms with Gasteiger partial charge in [-0.1, -0.05) is 0 Å². The van der Waals surface area contributed by atoms with Crippen LogP contribution in [0.25, 0.3) is 0 Å². The summed E-state index contributed by atoms with van der Waals surface area (Å²) in [6.45, 7) is 2.27. The van der Waals surface area contributed by atoms with Crippen molar-refractivity contribution in [3.05, 3.63) is 0 Å². The summed E-state index contributed by atoms with van der Waals surface area (Å²) in [6.07, 6.45) is 1.59. The molecule has 7 heteroatoms. The standard InChI is InChI=1S/C13H22N2O5/c16-9-7-11(13(18)19)15(8-9)12(17)3-6-20-10-1-4-14-5-2-10/h9-11,14,16H,1-8H2,(H,18,19). The van der Waals surface area contributed by atoms with Crippen molar-refractivity contribution in [2.24, 2.45) is 0 Å². The SMILES string of the molecule is O=C(O)C1CC(O)CN1C(=O)CCOC1CCNCC1. The van der Waals surface area contributed by atoms with Crippen molar-refractivity contribution in [2.45, 2.75) is 43.9 Å². The van der Waals surface area contributed by atoms with Crippen LogP contribution in [0.1, 0.15) is 25.7 Å². The maximum Gasteiger partial charge on any atom is 0.326 e. The van der Waals surface area contributed by atoms with E-state index in [9.17, 15) is 14.7 Å². The van der Waals surface area contributed by atoms with Gasteiger partial charge in [0.05, 0.1) is 25.2 Å². The molecule has 1 amide bonds. The Balaban J connectivity index is 1.74. The first kappa shape index (κ1) is 15.2. The summed E-state index contributed by atoms with van der Waals surface area (Å²) in [5, 5.41) is 21.8. The average molecular weight is 286 g/mol. The monoisotopic (exact) mass is 286 g/mol. The van der Waals surface area contributed by atoms with E-state index in [1.165, 1.54) is 4.90 Å². The number of carboxylic acids is 1. The van der Waals surface area contributed by atoms with Crippen LogP contribution in [0.5, 0.6) is 0 Å². The molecule has 0 spiro atoms. The first-order valence-corrected chi connectivity index (χ1v) is 7.10. The highest BCUT2D eigenvalue weighted by atomic mass is 16.5. The second-order valence-electron chi connectivity index (χ2n) is 5.36. The lowest BCUT2D eigenvalue weighted by Crippen LogP contribution is -2.41. The normalized spacial score (nSPS) is 27.8. The van der Waals surface area contributed by atoms with E-state index in [0.717, 1.165) is 25.9 Å². The van der Waals surface area contributed by atoms with Gasteiger partial charge in [-0.3, -0.25) is 4.79 Å². The van der Waals surface area contributed by atoms with Crippen molar-refractivity contribution in [2.75, 3.05) is 26.2 Å². The Bertz CT molecular complexity index is 357. The second-order valence-corrected chi connectivity index (χ2v) is 5.36. The number of nitrogens with one attached hydrogen (secondary N) is 1. The van der Waals surface area contributed by atoms with Crippen LogP contribution in [0.4, 0.5) is 0 Å². The second kappa shape index (κ2) is 7.01. The van der Waals surface area contributed by atoms with Gasteiger partial charge in [0.2, 0.25) is 5.91 Å². The molecular weight excluding hydrogens is 264 g/mol. The number of aliphatic hydroxyl groups excluding tert-OH is 1. The molecule has 7 nitrogen and oxygen atoms in total. The Hall–Kier alpha value is -1.18. The van der Waals surface area contributed by atoms with Crippen molar-refractivity contribution in [1.29, 1.82) is 0 Å². The van der Waals surface area contributed by atoms with Gasteiger partial charge in [0, 0.05) is 13.0 Å². The number of ether oxygens (including phenoxy) is 1. The molecule has 2 unspecified atom stereocenters. The third-order valence-electron chi connectivity index (χ3n) is 3.84. The first-order valence-electron chi connectivity index (χ1n) is 7.10. The van der Waals surface area contributed by atoms with Gasteiger partial charge in [-0.25, -0.2) is 4.79 Å². The number of piperidine rings is 1. The van der Waals surface area contributed by atoms with E-state index in [2.05, 4.69) is 5.32 Å². The summed E-state index contributed by atoms with van der Waals surface area (Å²) in [4.78, 5) is 24.3. The van der Waals surface area contributed by atoms with Crippen LogP contribution in [0, 0.1) is 0 Å². The number of aliphatic hydroxyl groups is 1. The van der Waals surface area contributed by atoms with Crippen LogP contribution in [-0.4, -0.2) is 71.5 Å². The molecule has 0 aromatic carbocycles. The van der Waals surface area contributed by atoms with Gasteiger partial charge in [0.25, 0.3) is 0 Å². The van der Waals surface area contributed by atoms with E-state index in [-0.39, 0.29) is 31.4 Å². The topological polar surface area (TPSA) is 99.1 Å². The van der Waals surface area contributed by atoms with Crippen LogP contribution in [0.15, 0.2) is 0 Å². The molecule has 2 aliphatic heterocycles. The minimum atomic E-state index is -1.06. The minimum absolute atomic E-state index is 0.100. The van der Waals surface area contributed by atoms with E-state index in [1.807, 2.05) is 0 Å². The van der Waals surface area contributed by atoms with Gasteiger partial charge >= 0.3 is 5.97 Å². The van der Waals surface area contributed by atoms with Crippen molar-refractivity contribution in [3.63, 3.8) is 0 Å². The number of amides is 1. The van der Waals surface area contributed by atoms with Gasteiger partial charge < -0.3 is 25.2 Å². The van der Waals surface area contributed by atoms with Gasteiger partial charge in [-0.15, -0.1) is 0 Å². The number of aliphatic carboxylic acids is 1. The third kappa shape index (κ3) is 3.91. The quantitative estimate of drug-likeness (QED) is 0.611. The summed E-state index contributed by atoms with van der Waals surface area (Å²) in [5.74, 6) is -1.32. The van der Waals surface area contributed by atoms with E-state index < -0.39 is 18.1 Å². The fourth-order valence-electron chi connectivity index (χ4n) is 2.74. The van der Waals surface area contributed by atoms with E-state index in [4.69, 9.17) is 9.84 Å². The van der Waals surface area contributed by atoms with Crippen molar-refractivity contribution >= 4 is 11.9 Å². The molecule has 2 atom stereocenters. The average Bonchev–Trinajstić information content (AvgIpc) is 2.82. The number of β-amino-alcohol motifs (C(OH)–C–C–N with tert-alkyl or cyclic N) is 1. The first-order chi connectivity index (χ1) is 9.58. The van der Waals surface area contributed by atoms with E-state index in [0.29, 0.717) is 6.61 Å². The lowest BCUT2D eigenvalue weighted by atomic mass is 10.1. The summed E-state index contributed by atoms with van der Waals surface area (Å²) in [5.41, 5.74) is 0. The lowest BCUT2D eigenvalue weighted by molar-refractivity contribution is -0.148. The summed E-state index contributed by atoms with van der Waals surface area (Å²) >= 11 is 0. The molecule has 2 rings (SSSR count). The van der Waals surface area contributed by atoms with Crippen LogP contribution >= 0.6 is 0 Å². The lowest BCUT2D eigenvalue weighted by Gasteiger charge is -2.24. The Morgan fingerprint density at radius 2 is 2.00 bits per heavy atom. The summed E-state index contributed by atoms with van der Waals surface area (Å²) in [7, 11) is 0. The maximum atomic E-state index is 12.0. The molecule has 0 bridgehead atoms. The van der Waals surface area contributed by atoms with Crippen LogP contribution in [0.2, 0.25) is 0 Å². The number of hydrogen-bond donors (Lipinski definition) is 3. The van der Waals surface area contributed by atoms with Crippen LogP contribution in [0.3, 0.4) is 0 Å². The number of rotatable bonds is 5. The Morgan fingerprint density at radius 3 is 2.65 bits per heavy atom. The van der Waals surface area contributed by atoms with E-state index in [1.54, 1.807) is 0 Å². The largest absolute Gasteiger partial charge is 0.480 e. The zero-order chi connectivity index (χ0) is 14.5. The number of carbonyl (C=O) groups is 2. The molecule has 20 heavy (non-hydrogen) atoms. The van der Waals surface area contributed by atoms with Gasteiger partial charge in [-0.05, 0) is 25.9 Å². The number of likely N-dealkylation sites (tertiary alicyclic amines) is 1. The minimum Gasteiger partial charge on any atom is -0.480 e. The highest BCUT2D eigenvalue weighted by Crippen LogP contribution is 2.19.